The van der Waals surface area contributed by atoms with Crippen molar-refractivity contribution >= 4 is 17.6 Å². The molecule has 6 heteroatoms. The minimum Gasteiger partial charge on any atom is -0.493 e. The first kappa shape index (κ1) is 14.3. The number of aryl methyl sites for hydroxylation is 1. The molecule has 0 fully saturated rings. The molecule has 0 bridgehead atoms. The molecule has 1 aliphatic rings. The molecule has 114 valence electrons. The van der Waals surface area contributed by atoms with Crippen LogP contribution < -0.4 is 4.90 Å². The van der Waals surface area contributed by atoms with E-state index >= 15 is 0 Å². The van der Waals surface area contributed by atoms with E-state index in [4.69, 9.17) is 4.74 Å². The molecule has 0 saturated carbocycles. The number of rotatable bonds is 3. The van der Waals surface area contributed by atoms with Crippen molar-refractivity contribution in [2.24, 2.45) is 0 Å². The second kappa shape index (κ2) is 5.63. The van der Waals surface area contributed by atoms with Crippen molar-refractivity contribution in [2.45, 2.75) is 20.3 Å². The van der Waals surface area contributed by atoms with Crippen LogP contribution in [0.3, 0.4) is 0 Å². The number of esters is 1. The molecule has 2 heterocycles. The maximum absolute atomic E-state index is 11.7. The molecule has 0 saturated heterocycles. The maximum atomic E-state index is 11.7. The van der Waals surface area contributed by atoms with Gasteiger partial charge in [-0.3, -0.25) is 0 Å². The van der Waals surface area contributed by atoms with Crippen molar-refractivity contribution in [2.75, 3.05) is 18.1 Å². The highest BCUT2D eigenvalue weighted by Gasteiger charge is 2.25. The summed E-state index contributed by atoms with van der Waals surface area (Å²) in [7, 11) is 0. The fourth-order valence-electron chi connectivity index (χ4n) is 2.70. The molecule has 1 aromatic heterocycles. The summed E-state index contributed by atoms with van der Waals surface area (Å²) in [5, 5.41) is 9.99. The first-order chi connectivity index (χ1) is 10.6. The van der Waals surface area contributed by atoms with Gasteiger partial charge in [-0.05, 0) is 31.4 Å². The van der Waals surface area contributed by atoms with Gasteiger partial charge in [-0.1, -0.05) is 18.2 Å². The van der Waals surface area contributed by atoms with Crippen LogP contribution in [0.4, 0.5) is 11.6 Å². The van der Waals surface area contributed by atoms with Crippen LogP contribution in [0.5, 0.6) is 5.88 Å². The normalized spacial score (nSPS) is 13.1. The van der Waals surface area contributed by atoms with Crippen molar-refractivity contribution in [1.82, 2.24) is 9.97 Å². The molecule has 0 amide bonds. The van der Waals surface area contributed by atoms with E-state index in [2.05, 4.69) is 16.0 Å². The zero-order valence-corrected chi connectivity index (χ0v) is 12.5. The summed E-state index contributed by atoms with van der Waals surface area (Å²) in [5.74, 6) is -0.589. The third kappa shape index (κ3) is 2.36. The Hall–Kier alpha value is -2.63. The lowest BCUT2D eigenvalue weighted by atomic mass is 10.1. The Kier molecular flexibility index (Phi) is 3.66. The van der Waals surface area contributed by atoms with Gasteiger partial charge in [0.25, 0.3) is 0 Å². The van der Waals surface area contributed by atoms with Crippen LogP contribution in [0.1, 0.15) is 28.4 Å². The van der Waals surface area contributed by atoms with E-state index in [9.17, 15) is 9.90 Å². The molecule has 1 N–H and O–H groups in total. The average Bonchev–Trinajstić information content (AvgIpc) is 2.92. The highest BCUT2D eigenvalue weighted by atomic mass is 16.5. The lowest BCUT2D eigenvalue weighted by Gasteiger charge is -2.19. The first-order valence-corrected chi connectivity index (χ1v) is 7.21. The SMILES string of the molecule is CCOC(=O)c1cnc(N2CCc3cccc(C)c32)nc1O. The lowest BCUT2D eigenvalue weighted by molar-refractivity contribution is 0.0521. The third-order valence-electron chi connectivity index (χ3n) is 3.69. The van der Waals surface area contributed by atoms with Gasteiger partial charge in [0.1, 0.15) is 5.56 Å². The van der Waals surface area contributed by atoms with E-state index < -0.39 is 5.97 Å². The van der Waals surface area contributed by atoms with E-state index in [1.807, 2.05) is 24.0 Å². The number of anilines is 2. The Bertz CT molecular complexity index is 731. The van der Waals surface area contributed by atoms with Gasteiger partial charge in [0.15, 0.2) is 0 Å². The summed E-state index contributed by atoms with van der Waals surface area (Å²) in [6, 6.07) is 6.14. The molecule has 22 heavy (non-hydrogen) atoms. The molecule has 0 aliphatic carbocycles. The van der Waals surface area contributed by atoms with Gasteiger partial charge in [-0.2, -0.15) is 4.98 Å². The Morgan fingerprint density at radius 1 is 1.45 bits per heavy atom. The van der Waals surface area contributed by atoms with Gasteiger partial charge in [0.05, 0.1) is 18.5 Å². The first-order valence-electron chi connectivity index (χ1n) is 7.21. The van der Waals surface area contributed by atoms with Crippen LogP contribution in [0.15, 0.2) is 24.4 Å². The molecule has 6 nitrogen and oxygen atoms in total. The van der Waals surface area contributed by atoms with Gasteiger partial charge in [-0.15, -0.1) is 0 Å². The van der Waals surface area contributed by atoms with Gasteiger partial charge in [0.2, 0.25) is 11.8 Å². The summed E-state index contributed by atoms with van der Waals surface area (Å²) in [5.41, 5.74) is 3.42. The molecule has 0 unspecified atom stereocenters. The van der Waals surface area contributed by atoms with Crippen molar-refractivity contribution in [3.05, 3.63) is 41.1 Å². The maximum Gasteiger partial charge on any atom is 0.345 e. The Morgan fingerprint density at radius 2 is 2.27 bits per heavy atom. The number of hydrogen-bond acceptors (Lipinski definition) is 6. The minimum atomic E-state index is -0.621. The van der Waals surface area contributed by atoms with Gasteiger partial charge < -0.3 is 14.7 Å². The van der Waals surface area contributed by atoms with Crippen molar-refractivity contribution in [3.8, 4) is 5.88 Å². The molecular weight excluding hydrogens is 282 g/mol. The van der Waals surface area contributed by atoms with Gasteiger partial charge in [-0.25, -0.2) is 9.78 Å². The smallest absolute Gasteiger partial charge is 0.345 e. The second-order valence-corrected chi connectivity index (χ2v) is 5.11. The number of carbonyl (C=O) groups is 1. The van der Waals surface area contributed by atoms with Crippen molar-refractivity contribution in [3.63, 3.8) is 0 Å². The van der Waals surface area contributed by atoms with Crippen LogP contribution in [-0.4, -0.2) is 34.2 Å². The van der Waals surface area contributed by atoms with Crippen LogP contribution in [-0.2, 0) is 11.2 Å². The summed E-state index contributed by atoms with van der Waals surface area (Å²) in [4.78, 5) is 21.9. The van der Waals surface area contributed by atoms with Crippen LogP contribution in [0.2, 0.25) is 0 Å². The largest absolute Gasteiger partial charge is 0.493 e. The van der Waals surface area contributed by atoms with Crippen LogP contribution in [0, 0.1) is 6.92 Å². The molecule has 0 atom stereocenters. The fourth-order valence-corrected chi connectivity index (χ4v) is 2.70. The number of ether oxygens (including phenoxy) is 1. The van der Waals surface area contributed by atoms with E-state index in [-0.39, 0.29) is 18.1 Å². The highest BCUT2D eigenvalue weighted by molar-refractivity contribution is 5.91. The predicted molar refractivity (Wildman–Crippen MR) is 81.5 cm³/mol. The van der Waals surface area contributed by atoms with E-state index in [0.717, 1.165) is 24.2 Å². The molecule has 1 aromatic carbocycles. The highest BCUT2D eigenvalue weighted by Crippen LogP contribution is 2.36. The molecule has 0 radical (unpaired) electrons. The predicted octanol–water partition coefficient (Wildman–Crippen LogP) is 2.36. The summed E-state index contributed by atoms with van der Waals surface area (Å²) in [6.07, 6.45) is 2.21. The number of benzene rings is 1. The van der Waals surface area contributed by atoms with Crippen molar-refractivity contribution < 1.29 is 14.6 Å². The summed E-state index contributed by atoms with van der Waals surface area (Å²) >= 11 is 0. The second-order valence-electron chi connectivity index (χ2n) is 5.11. The Morgan fingerprint density at radius 3 is 3.00 bits per heavy atom. The lowest BCUT2D eigenvalue weighted by Crippen LogP contribution is -2.18. The van der Waals surface area contributed by atoms with Gasteiger partial charge >= 0.3 is 5.97 Å². The standard InChI is InChI=1S/C16H17N3O3/c1-3-22-15(21)12-9-17-16(18-14(12)20)19-8-7-11-6-4-5-10(2)13(11)19/h4-6,9H,3,7-8H2,1-2H3,(H,17,18,20). The number of fused-ring (bicyclic) bond motifs is 1. The number of nitrogens with zero attached hydrogens (tertiary/aromatic N) is 3. The topological polar surface area (TPSA) is 75.5 Å². The molecule has 1 aliphatic heterocycles. The zero-order chi connectivity index (χ0) is 15.7. The third-order valence-corrected chi connectivity index (χ3v) is 3.69. The van der Waals surface area contributed by atoms with Crippen LogP contribution in [0.25, 0.3) is 0 Å². The number of hydrogen-bond donors (Lipinski definition) is 1. The minimum absolute atomic E-state index is 0.0187. The van der Waals surface area contributed by atoms with E-state index in [0.29, 0.717) is 5.95 Å². The molecule has 3 rings (SSSR count). The number of para-hydroxylation sites is 1. The van der Waals surface area contributed by atoms with E-state index in [1.54, 1.807) is 6.92 Å². The summed E-state index contributed by atoms with van der Waals surface area (Å²) < 4.78 is 4.86. The summed E-state index contributed by atoms with van der Waals surface area (Å²) in [6.45, 7) is 4.72. The van der Waals surface area contributed by atoms with E-state index in [1.165, 1.54) is 11.8 Å². The van der Waals surface area contributed by atoms with Crippen molar-refractivity contribution in [1.29, 1.82) is 0 Å². The Labute approximate surface area is 128 Å². The molecule has 0 spiro atoms. The number of aromatic hydroxyl groups is 1. The zero-order valence-electron chi connectivity index (χ0n) is 12.5. The number of carbonyl (C=O) groups excluding carboxylic acids is 1. The molecular formula is C16H17N3O3. The number of aromatic nitrogens is 2. The van der Waals surface area contributed by atoms with Crippen LogP contribution >= 0.6 is 0 Å². The fraction of sp³-hybridized carbons (Fsp3) is 0.312. The monoisotopic (exact) mass is 299 g/mol. The average molecular weight is 299 g/mol. The molecule has 2 aromatic rings. The Balaban J connectivity index is 1.96. The van der Waals surface area contributed by atoms with Gasteiger partial charge in [0, 0.05) is 6.54 Å². The quantitative estimate of drug-likeness (QED) is 0.877.